The SMILES string of the molecule is CC[C@H](C)[C@@H]([C@@H](CC(=O)N1CCC[C@H]1[C@H](OC)[C@@H](C)C(=O)N[C@@H](Cc1ccccc1)C(=O)OC)OC)N(C)C(=O)[C@@H](CC(=O)[C@H](C(C)C)N(C)Cc1cccc(N)c1)C(C)C. The third-order valence-corrected chi connectivity index (χ3v) is 12.7. The molecule has 1 aliphatic rings. The van der Waals surface area contributed by atoms with E-state index in [1.807, 2.05) is 101 Å². The van der Waals surface area contributed by atoms with Gasteiger partial charge in [0.05, 0.1) is 49.8 Å². The zero-order valence-corrected chi connectivity index (χ0v) is 38.9. The molecule has 13 heteroatoms. The lowest BCUT2D eigenvalue weighted by Crippen LogP contribution is -2.55. The van der Waals surface area contributed by atoms with Crippen molar-refractivity contribution in [2.45, 2.75) is 130 Å². The molecule has 1 heterocycles. The lowest BCUT2D eigenvalue weighted by atomic mass is 9.83. The van der Waals surface area contributed by atoms with Gasteiger partial charge in [0.1, 0.15) is 6.04 Å². The number of hydrogen-bond acceptors (Lipinski definition) is 10. The Labute approximate surface area is 365 Å². The summed E-state index contributed by atoms with van der Waals surface area (Å²) in [5, 5.41) is 2.87. The number of likely N-dealkylation sites (N-methyl/N-ethyl adjacent to an activating group) is 2. The molecule has 1 saturated heterocycles. The van der Waals surface area contributed by atoms with Gasteiger partial charge in [0.25, 0.3) is 0 Å². The summed E-state index contributed by atoms with van der Waals surface area (Å²) in [7, 11) is 8.09. The van der Waals surface area contributed by atoms with Crippen LogP contribution < -0.4 is 11.1 Å². The normalized spacial score (nSPS) is 18.2. The van der Waals surface area contributed by atoms with Crippen LogP contribution in [0.2, 0.25) is 0 Å². The van der Waals surface area contributed by atoms with Crippen molar-refractivity contribution in [2.24, 2.45) is 29.6 Å². The molecule has 1 aliphatic heterocycles. The molecule has 3 N–H and O–H groups in total. The first-order valence-electron chi connectivity index (χ1n) is 22.0. The van der Waals surface area contributed by atoms with Crippen LogP contribution in [0.3, 0.4) is 0 Å². The molecule has 0 spiro atoms. The summed E-state index contributed by atoms with van der Waals surface area (Å²) in [5.74, 6) is -2.67. The van der Waals surface area contributed by atoms with Gasteiger partial charge in [0, 0.05) is 58.8 Å². The van der Waals surface area contributed by atoms with Gasteiger partial charge < -0.3 is 35.1 Å². The molecule has 0 unspecified atom stereocenters. The minimum absolute atomic E-state index is 0.00751. The first-order chi connectivity index (χ1) is 28.9. The van der Waals surface area contributed by atoms with Crippen molar-refractivity contribution in [1.29, 1.82) is 0 Å². The van der Waals surface area contributed by atoms with E-state index in [2.05, 4.69) is 12.2 Å². The van der Waals surface area contributed by atoms with Gasteiger partial charge in [-0.1, -0.05) is 97.4 Å². The topological polar surface area (TPSA) is 161 Å². The third kappa shape index (κ3) is 13.8. The number of ketones is 1. The van der Waals surface area contributed by atoms with Crippen LogP contribution in [0.15, 0.2) is 54.6 Å². The Kier molecular flexibility index (Phi) is 20.4. The molecule has 0 saturated carbocycles. The fraction of sp³-hybridized carbons (Fsp3) is 0.646. The second kappa shape index (κ2) is 24.3. The summed E-state index contributed by atoms with van der Waals surface area (Å²) in [6.45, 7) is 14.9. The molecule has 340 valence electrons. The number of ether oxygens (including phenoxy) is 3. The number of benzene rings is 2. The lowest BCUT2D eigenvalue weighted by molar-refractivity contribution is -0.150. The van der Waals surface area contributed by atoms with Crippen molar-refractivity contribution < 1.29 is 38.2 Å². The molecule has 1 fully saturated rings. The second-order valence-corrected chi connectivity index (χ2v) is 17.7. The molecule has 0 aromatic heterocycles. The summed E-state index contributed by atoms with van der Waals surface area (Å²) in [6.07, 6.45) is 1.15. The number of carbonyl (C=O) groups excluding carboxylic acids is 5. The van der Waals surface area contributed by atoms with Crippen molar-refractivity contribution in [3.05, 3.63) is 65.7 Å². The standard InChI is InChI=1S/C48H75N5O8/c1-13-32(6)44(52(9)47(57)37(30(2)3)27-40(54)43(31(4)5)51(8)29-35-21-17-22-36(49)25-35)41(59-10)28-42(55)53-24-18-23-39(53)45(60-11)33(7)46(56)50-38(48(58)61-12)26-34-19-15-14-16-20-34/h14-17,19-22,25,30-33,37-39,41,43-45H,13,18,23-24,26-29,49H2,1-12H3,(H,50,56)/t32-,33+,37-,38-,39-,41+,43-,44-,45+/m0/s1. The highest BCUT2D eigenvalue weighted by Gasteiger charge is 2.43. The van der Waals surface area contributed by atoms with Crippen LogP contribution in [0.5, 0.6) is 0 Å². The van der Waals surface area contributed by atoms with Crippen molar-refractivity contribution in [3.63, 3.8) is 0 Å². The van der Waals surface area contributed by atoms with E-state index >= 15 is 0 Å². The first-order valence-corrected chi connectivity index (χ1v) is 22.0. The van der Waals surface area contributed by atoms with E-state index in [0.29, 0.717) is 25.2 Å². The largest absolute Gasteiger partial charge is 0.467 e. The molecule has 61 heavy (non-hydrogen) atoms. The number of likely N-dealkylation sites (tertiary alicyclic amines) is 1. The van der Waals surface area contributed by atoms with Gasteiger partial charge in [-0.2, -0.15) is 0 Å². The Bertz CT molecular complexity index is 1720. The maximum absolute atomic E-state index is 14.6. The number of anilines is 1. The molecule has 9 atom stereocenters. The number of nitrogens with two attached hydrogens (primary N) is 1. The average molecular weight is 850 g/mol. The smallest absolute Gasteiger partial charge is 0.328 e. The second-order valence-electron chi connectivity index (χ2n) is 17.7. The molecule has 3 amide bonds. The monoisotopic (exact) mass is 850 g/mol. The van der Waals surface area contributed by atoms with Crippen molar-refractivity contribution >= 4 is 35.2 Å². The van der Waals surface area contributed by atoms with Gasteiger partial charge in [0.2, 0.25) is 17.7 Å². The Morgan fingerprint density at radius 2 is 1.52 bits per heavy atom. The van der Waals surface area contributed by atoms with E-state index in [1.165, 1.54) is 14.2 Å². The van der Waals surface area contributed by atoms with Crippen LogP contribution in [-0.2, 0) is 51.1 Å². The van der Waals surface area contributed by atoms with Crippen LogP contribution in [0.1, 0.15) is 91.7 Å². The zero-order chi connectivity index (χ0) is 45.6. The number of nitrogens with zero attached hydrogens (tertiary/aromatic N) is 3. The fourth-order valence-electron chi connectivity index (χ4n) is 9.21. The van der Waals surface area contributed by atoms with Crippen molar-refractivity contribution in [3.8, 4) is 0 Å². The Morgan fingerprint density at radius 1 is 0.869 bits per heavy atom. The number of Topliss-reactive ketones (excluding diaryl/α,β-unsaturated/α-hetero) is 1. The fourth-order valence-corrected chi connectivity index (χ4v) is 9.21. The molecule has 13 nitrogen and oxygen atoms in total. The van der Waals surface area contributed by atoms with Gasteiger partial charge in [-0.05, 0) is 60.9 Å². The minimum atomic E-state index is -0.896. The molecular formula is C48H75N5O8. The number of amides is 3. The summed E-state index contributed by atoms with van der Waals surface area (Å²) in [6, 6.07) is 14.9. The molecule has 0 aliphatic carbocycles. The number of nitrogens with one attached hydrogen (secondary N) is 1. The third-order valence-electron chi connectivity index (χ3n) is 12.7. The maximum Gasteiger partial charge on any atom is 0.328 e. The van der Waals surface area contributed by atoms with Crippen LogP contribution in [0.25, 0.3) is 0 Å². The molecule has 3 rings (SSSR count). The number of methoxy groups -OCH3 is 3. The number of hydrogen-bond donors (Lipinski definition) is 2. The van der Waals surface area contributed by atoms with E-state index in [0.717, 1.165) is 24.0 Å². The van der Waals surface area contributed by atoms with E-state index in [-0.39, 0.29) is 60.5 Å². The molecule has 2 aromatic carbocycles. The van der Waals surface area contributed by atoms with Gasteiger partial charge in [-0.25, -0.2) is 4.79 Å². The number of rotatable bonds is 24. The van der Waals surface area contributed by atoms with E-state index in [1.54, 1.807) is 30.9 Å². The van der Waals surface area contributed by atoms with E-state index in [4.69, 9.17) is 19.9 Å². The molecule has 0 radical (unpaired) electrons. The quantitative estimate of drug-likeness (QED) is 0.0980. The Balaban J connectivity index is 1.79. The average Bonchev–Trinajstić information content (AvgIpc) is 3.71. The predicted molar refractivity (Wildman–Crippen MR) is 239 cm³/mol. The van der Waals surface area contributed by atoms with Gasteiger partial charge in [-0.3, -0.25) is 24.1 Å². The molecule has 2 aromatic rings. The maximum atomic E-state index is 14.6. The van der Waals surface area contributed by atoms with Crippen molar-refractivity contribution in [1.82, 2.24) is 20.0 Å². The highest BCUT2D eigenvalue weighted by atomic mass is 16.5. The first kappa shape index (κ1) is 51.0. The Hall–Kier alpha value is -4.33. The zero-order valence-electron chi connectivity index (χ0n) is 38.9. The van der Waals surface area contributed by atoms with Gasteiger partial charge in [0.15, 0.2) is 5.78 Å². The Morgan fingerprint density at radius 3 is 2.08 bits per heavy atom. The number of carbonyl (C=O) groups is 5. The highest BCUT2D eigenvalue weighted by molar-refractivity contribution is 5.90. The van der Waals surface area contributed by atoms with Crippen LogP contribution in [0.4, 0.5) is 5.69 Å². The van der Waals surface area contributed by atoms with Crippen molar-refractivity contribution in [2.75, 3.05) is 47.7 Å². The molecular weight excluding hydrogens is 775 g/mol. The van der Waals surface area contributed by atoms with Crippen LogP contribution >= 0.6 is 0 Å². The van der Waals surface area contributed by atoms with Gasteiger partial charge >= 0.3 is 5.97 Å². The highest BCUT2D eigenvalue weighted by Crippen LogP contribution is 2.31. The summed E-state index contributed by atoms with van der Waals surface area (Å²) in [5.41, 5.74) is 8.58. The summed E-state index contributed by atoms with van der Waals surface area (Å²) in [4.78, 5) is 75.1. The number of nitrogen functional groups attached to an aromatic ring is 1. The van der Waals surface area contributed by atoms with E-state index < -0.39 is 54.2 Å². The summed E-state index contributed by atoms with van der Waals surface area (Å²) < 4.78 is 17.1. The van der Waals surface area contributed by atoms with E-state index in [9.17, 15) is 24.0 Å². The number of esters is 1. The predicted octanol–water partition coefficient (Wildman–Crippen LogP) is 5.78. The van der Waals surface area contributed by atoms with Crippen LogP contribution in [0, 0.1) is 29.6 Å². The van der Waals surface area contributed by atoms with Crippen LogP contribution in [-0.4, -0.2) is 123 Å². The minimum Gasteiger partial charge on any atom is -0.467 e. The molecule has 0 bridgehead atoms. The van der Waals surface area contributed by atoms with Gasteiger partial charge in [-0.15, -0.1) is 0 Å². The lowest BCUT2D eigenvalue weighted by Gasteiger charge is -2.41. The summed E-state index contributed by atoms with van der Waals surface area (Å²) >= 11 is 0.